The first-order valence-electron chi connectivity index (χ1n) is 15.8. The van der Waals surface area contributed by atoms with E-state index in [-0.39, 0.29) is 34.8 Å². The van der Waals surface area contributed by atoms with Gasteiger partial charge in [0.2, 0.25) is 17.7 Å². The lowest BCUT2D eigenvalue weighted by Gasteiger charge is -2.22. The van der Waals surface area contributed by atoms with Gasteiger partial charge in [0.25, 0.3) is 0 Å². The Hall–Kier alpha value is -5.52. The molecule has 0 aliphatic rings. The highest BCUT2D eigenvalue weighted by Gasteiger charge is 2.24. The van der Waals surface area contributed by atoms with E-state index in [2.05, 4.69) is 0 Å². The van der Waals surface area contributed by atoms with Crippen LogP contribution in [0, 0.1) is 20.8 Å². The number of carbonyl (C=O) groups excluding carboxylic acids is 3. The first-order chi connectivity index (χ1) is 22.7. The Bertz CT molecular complexity index is 1840. The Balaban J connectivity index is 2.06. The van der Waals surface area contributed by atoms with Gasteiger partial charge >= 0.3 is 17.1 Å². The predicted molar refractivity (Wildman–Crippen MR) is 189 cm³/mol. The van der Waals surface area contributed by atoms with Gasteiger partial charge in [0, 0.05) is 57.5 Å². The van der Waals surface area contributed by atoms with Crippen LogP contribution in [0.4, 0.5) is 17.1 Å². The van der Waals surface area contributed by atoms with E-state index < -0.39 is 17.1 Å². The number of carbonyl (C=O) groups is 3. The highest BCUT2D eigenvalue weighted by molar-refractivity contribution is 5.94. The standard InChI is InChI=1S/C36H42N6O6/c1-10-31(43)37(7)25-13-16-28(22(4)19-25)40-34(46)41(29-17-14-26(20-23(29)5)38(8)32(44)11-2)36(48)42(35(40)47)30-18-15-27(21-24(30)6)39(9)33(45)12-3/h13-21H,10-12H2,1-9H3. The number of amides is 3. The summed E-state index contributed by atoms with van der Waals surface area (Å²) in [6, 6.07) is 14.8. The summed E-state index contributed by atoms with van der Waals surface area (Å²) in [6.07, 6.45) is 0.897. The Morgan fingerprint density at radius 2 is 0.708 bits per heavy atom. The van der Waals surface area contributed by atoms with Crippen LogP contribution in [-0.2, 0) is 14.4 Å². The van der Waals surface area contributed by atoms with Crippen molar-refractivity contribution in [1.82, 2.24) is 13.7 Å². The van der Waals surface area contributed by atoms with Crippen molar-refractivity contribution >= 4 is 34.8 Å². The summed E-state index contributed by atoms with van der Waals surface area (Å²) in [5, 5.41) is 0. The van der Waals surface area contributed by atoms with Crippen molar-refractivity contribution in [3.63, 3.8) is 0 Å². The van der Waals surface area contributed by atoms with Gasteiger partial charge in [0.1, 0.15) is 0 Å². The van der Waals surface area contributed by atoms with Gasteiger partial charge in [0.15, 0.2) is 0 Å². The molecule has 0 bridgehead atoms. The molecule has 3 amide bonds. The Labute approximate surface area is 279 Å². The molecule has 3 aromatic carbocycles. The van der Waals surface area contributed by atoms with Crippen LogP contribution in [0.1, 0.15) is 56.7 Å². The van der Waals surface area contributed by atoms with Crippen molar-refractivity contribution in [2.24, 2.45) is 0 Å². The normalized spacial score (nSPS) is 10.9. The second-order valence-electron chi connectivity index (χ2n) is 11.7. The van der Waals surface area contributed by atoms with Crippen LogP contribution in [0.3, 0.4) is 0 Å². The van der Waals surface area contributed by atoms with E-state index in [9.17, 15) is 28.8 Å². The van der Waals surface area contributed by atoms with E-state index >= 15 is 0 Å². The molecular formula is C36H42N6O6. The second-order valence-corrected chi connectivity index (χ2v) is 11.7. The molecule has 0 spiro atoms. The molecule has 0 N–H and O–H groups in total. The molecule has 0 fully saturated rings. The lowest BCUT2D eigenvalue weighted by Crippen LogP contribution is -2.53. The average molecular weight is 655 g/mol. The monoisotopic (exact) mass is 654 g/mol. The minimum absolute atomic E-state index is 0.106. The van der Waals surface area contributed by atoms with Gasteiger partial charge < -0.3 is 14.7 Å². The van der Waals surface area contributed by atoms with Crippen LogP contribution in [-0.4, -0.2) is 52.6 Å². The summed E-state index contributed by atoms with van der Waals surface area (Å²) in [6.45, 7) is 10.4. The van der Waals surface area contributed by atoms with Gasteiger partial charge in [-0.3, -0.25) is 14.4 Å². The summed E-state index contributed by atoms with van der Waals surface area (Å²) in [5.41, 5.74) is 1.38. The number of anilines is 3. The van der Waals surface area contributed by atoms with Crippen LogP contribution in [0.5, 0.6) is 0 Å². The van der Waals surface area contributed by atoms with Gasteiger partial charge in [-0.25, -0.2) is 28.1 Å². The molecule has 4 rings (SSSR count). The Kier molecular flexibility index (Phi) is 10.4. The van der Waals surface area contributed by atoms with Gasteiger partial charge in [-0.05, 0) is 92.1 Å². The Morgan fingerprint density at radius 1 is 0.479 bits per heavy atom. The van der Waals surface area contributed by atoms with Crippen LogP contribution < -0.4 is 31.8 Å². The molecule has 0 unspecified atom stereocenters. The molecule has 4 aromatic rings. The van der Waals surface area contributed by atoms with E-state index in [4.69, 9.17) is 0 Å². The lowest BCUT2D eigenvalue weighted by atomic mass is 10.1. The summed E-state index contributed by atoms with van der Waals surface area (Å²) in [7, 11) is 4.94. The number of hydrogen-bond acceptors (Lipinski definition) is 6. The quantitative estimate of drug-likeness (QED) is 0.267. The fraction of sp³-hybridized carbons (Fsp3) is 0.333. The second kappa shape index (κ2) is 14.1. The van der Waals surface area contributed by atoms with E-state index in [1.165, 1.54) is 14.7 Å². The highest BCUT2D eigenvalue weighted by Crippen LogP contribution is 2.24. The van der Waals surface area contributed by atoms with Crippen LogP contribution >= 0.6 is 0 Å². The third-order valence-electron chi connectivity index (χ3n) is 8.60. The van der Waals surface area contributed by atoms with Gasteiger partial charge in [0.05, 0.1) is 17.1 Å². The summed E-state index contributed by atoms with van der Waals surface area (Å²) in [4.78, 5) is 84.6. The molecular weight excluding hydrogens is 612 g/mol. The Morgan fingerprint density at radius 3 is 0.896 bits per heavy atom. The number of rotatable bonds is 9. The zero-order chi connectivity index (χ0) is 35.6. The maximum absolute atomic E-state index is 14.3. The number of aromatic nitrogens is 3. The smallest absolute Gasteiger partial charge is 0.316 e. The molecule has 48 heavy (non-hydrogen) atoms. The third kappa shape index (κ3) is 6.38. The van der Waals surface area contributed by atoms with Crippen LogP contribution in [0.2, 0.25) is 0 Å². The maximum atomic E-state index is 14.3. The first-order valence-corrected chi connectivity index (χ1v) is 15.8. The van der Waals surface area contributed by atoms with E-state index in [1.807, 2.05) is 0 Å². The molecule has 1 aromatic heterocycles. The first kappa shape index (κ1) is 35.3. The molecule has 12 nitrogen and oxygen atoms in total. The molecule has 1 heterocycles. The van der Waals surface area contributed by atoms with Gasteiger partial charge in [-0.15, -0.1) is 0 Å². The maximum Gasteiger partial charge on any atom is 0.345 e. The molecule has 0 saturated heterocycles. The van der Waals surface area contributed by atoms with Crippen LogP contribution in [0.15, 0.2) is 69.0 Å². The highest BCUT2D eigenvalue weighted by atomic mass is 16.2. The molecule has 0 saturated carbocycles. The van der Waals surface area contributed by atoms with Crippen LogP contribution in [0.25, 0.3) is 17.1 Å². The van der Waals surface area contributed by atoms with Crippen molar-refractivity contribution in [2.75, 3.05) is 35.8 Å². The molecule has 12 heteroatoms. The predicted octanol–water partition coefficient (Wildman–Crippen LogP) is 4.18. The van der Waals surface area contributed by atoms with E-state index in [0.717, 1.165) is 13.7 Å². The average Bonchev–Trinajstić information content (AvgIpc) is 3.07. The van der Waals surface area contributed by atoms with Crippen molar-refractivity contribution in [2.45, 2.75) is 60.8 Å². The fourth-order valence-electron chi connectivity index (χ4n) is 5.60. The zero-order valence-electron chi connectivity index (χ0n) is 29.0. The third-order valence-corrected chi connectivity index (χ3v) is 8.60. The number of hydrogen-bond donors (Lipinski definition) is 0. The molecule has 0 radical (unpaired) electrons. The summed E-state index contributed by atoms with van der Waals surface area (Å²) < 4.78 is 2.84. The molecule has 252 valence electrons. The lowest BCUT2D eigenvalue weighted by molar-refractivity contribution is -0.118. The molecule has 0 aliphatic heterocycles. The van der Waals surface area contributed by atoms with Gasteiger partial charge in [-0.2, -0.15) is 0 Å². The minimum Gasteiger partial charge on any atom is -0.316 e. The minimum atomic E-state index is -0.883. The number of aryl methyl sites for hydroxylation is 3. The van der Waals surface area contributed by atoms with Crippen molar-refractivity contribution in [3.05, 3.63) is 103 Å². The molecule has 0 aliphatic carbocycles. The van der Waals surface area contributed by atoms with Crippen molar-refractivity contribution in [1.29, 1.82) is 0 Å². The van der Waals surface area contributed by atoms with Crippen molar-refractivity contribution in [3.8, 4) is 17.1 Å². The summed E-state index contributed by atoms with van der Waals surface area (Å²) >= 11 is 0. The fourth-order valence-corrected chi connectivity index (χ4v) is 5.60. The molecule has 0 atom stereocenters. The summed E-state index contributed by atoms with van der Waals surface area (Å²) in [5.74, 6) is -0.318. The SMILES string of the molecule is CCC(=O)N(C)c1ccc(-n2c(=O)n(-c3ccc(N(C)C(=O)CC)cc3C)c(=O)n(-c3ccc(N(C)C(=O)CC)cc3C)c2=O)c(C)c1. The van der Waals surface area contributed by atoms with Gasteiger partial charge in [-0.1, -0.05) is 20.8 Å². The topological polar surface area (TPSA) is 127 Å². The largest absolute Gasteiger partial charge is 0.345 e. The van der Waals surface area contributed by atoms with Crippen molar-refractivity contribution < 1.29 is 14.4 Å². The number of benzene rings is 3. The number of nitrogens with zero attached hydrogens (tertiary/aromatic N) is 6. The van der Waals surface area contributed by atoms with E-state index in [0.29, 0.717) is 53.0 Å². The zero-order valence-corrected chi connectivity index (χ0v) is 29.0. The van der Waals surface area contributed by atoms with E-state index in [1.54, 1.807) is 117 Å².